The molecular weight excluding hydrogens is 136 g/mol. The van der Waals surface area contributed by atoms with Crippen LogP contribution in [0.4, 0.5) is 0 Å². The van der Waals surface area contributed by atoms with E-state index in [9.17, 15) is 0 Å². The minimum atomic E-state index is 0.0572. The van der Waals surface area contributed by atoms with Crippen molar-refractivity contribution in [3.05, 3.63) is 18.2 Å². The van der Waals surface area contributed by atoms with Crippen LogP contribution in [0.15, 0.2) is 12.4 Å². The summed E-state index contributed by atoms with van der Waals surface area (Å²) in [6.45, 7) is 6.34. The number of aromatic nitrogens is 2. The Morgan fingerprint density at radius 1 is 1.55 bits per heavy atom. The third kappa shape index (κ3) is 1.43. The van der Waals surface area contributed by atoms with Gasteiger partial charge < -0.3 is 0 Å². The van der Waals surface area contributed by atoms with Crippen LogP contribution in [0.5, 0.6) is 0 Å². The van der Waals surface area contributed by atoms with E-state index >= 15 is 0 Å². The Kier molecular flexibility index (Phi) is 1.74. The molecule has 0 amide bonds. The summed E-state index contributed by atoms with van der Waals surface area (Å²) >= 11 is 0. The van der Waals surface area contributed by atoms with Gasteiger partial charge in [-0.05, 0) is 20.8 Å². The number of H-pyrrole nitrogens is 1. The first-order valence-corrected chi connectivity index (χ1v) is 3.62. The van der Waals surface area contributed by atoms with Crippen LogP contribution in [0.3, 0.4) is 0 Å². The maximum atomic E-state index is 5.29. The molecule has 1 N–H and O–H groups in total. The van der Waals surface area contributed by atoms with Gasteiger partial charge in [-0.2, -0.15) is 0 Å². The molecule has 0 aliphatic heterocycles. The predicted octanol–water partition coefficient (Wildman–Crippen LogP) is 1.04. The Balaban J connectivity index is 3.15. The van der Waals surface area contributed by atoms with E-state index in [1.807, 2.05) is 17.0 Å². The minimum Gasteiger partial charge on any atom is -0.236 e. The van der Waals surface area contributed by atoms with Gasteiger partial charge in [-0.25, -0.2) is 9.55 Å². The van der Waals surface area contributed by atoms with Crippen LogP contribution in [-0.2, 0) is 5.54 Å². The highest BCUT2D eigenvalue weighted by atomic mass is 15.1. The largest absolute Gasteiger partial charge is 0.333 e. The van der Waals surface area contributed by atoms with Crippen molar-refractivity contribution in [1.29, 1.82) is 0 Å². The molecule has 0 saturated heterocycles. The lowest BCUT2D eigenvalue weighted by molar-refractivity contribution is -0.754. The van der Waals surface area contributed by atoms with Gasteiger partial charge in [0.05, 0.1) is 0 Å². The Morgan fingerprint density at radius 2 is 2.18 bits per heavy atom. The summed E-state index contributed by atoms with van der Waals surface area (Å²) in [7, 11) is 0. The summed E-state index contributed by atoms with van der Waals surface area (Å²) in [5.74, 6) is 3.41. The first-order valence-electron chi connectivity index (χ1n) is 3.62. The average Bonchev–Trinajstić information content (AvgIpc) is 2.31. The Morgan fingerprint density at radius 3 is 2.55 bits per heavy atom. The van der Waals surface area contributed by atoms with Crippen LogP contribution in [0.25, 0.3) is 0 Å². The zero-order chi connectivity index (χ0) is 8.48. The molecule has 2 heteroatoms. The van der Waals surface area contributed by atoms with E-state index in [0.29, 0.717) is 0 Å². The summed E-state index contributed by atoms with van der Waals surface area (Å²) in [5.41, 5.74) is 0.0572. The highest BCUT2D eigenvalue weighted by Gasteiger charge is 2.21. The normalized spacial score (nSPS) is 11.1. The molecule has 0 saturated carbocycles. The molecule has 11 heavy (non-hydrogen) atoms. The van der Waals surface area contributed by atoms with Crippen molar-refractivity contribution in [3.63, 3.8) is 0 Å². The molecule has 1 aromatic rings. The number of imidazole rings is 1. The molecule has 1 aromatic heterocycles. The third-order valence-corrected chi connectivity index (χ3v) is 1.54. The molecule has 0 radical (unpaired) electrons. The lowest BCUT2D eigenvalue weighted by Crippen LogP contribution is -2.51. The molecule has 2 nitrogen and oxygen atoms in total. The second kappa shape index (κ2) is 2.43. The zero-order valence-corrected chi connectivity index (χ0v) is 7.18. The standard InChI is InChI=1S/C9H12N2/c1-5-8-10-6-7-11(8)9(2,3)4/h1,6-7H,2-4H3/p+1. The number of terminal acetylenes is 1. The second-order valence-corrected chi connectivity index (χ2v) is 3.49. The molecular formula is C9H13N2+. The Labute approximate surface area is 67.3 Å². The van der Waals surface area contributed by atoms with Gasteiger partial charge in [0.2, 0.25) is 0 Å². The van der Waals surface area contributed by atoms with Crippen molar-refractivity contribution in [2.45, 2.75) is 26.3 Å². The molecule has 0 unspecified atom stereocenters. The van der Waals surface area contributed by atoms with Crippen molar-refractivity contribution >= 4 is 0 Å². The van der Waals surface area contributed by atoms with E-state index < -0.39 is 0 Å². The summed E-state index contributed by atoms with van der Waals surface area (Å²) < 4.78 is 2.03. The SMILES string of the molecule is C#Cc1[nH]cc[n+]1C(C)(C)C. The van der Waals surface area contributed by atoms with Crippen molar-refractivity contribution in [3.8, 4) is 12.3 Å². The fraction of sp³-hybridized carbons (Fsp3) is 0.444. The predicted molar refractivity (Wildman–Crippen MR) is 43.9 cm³/mol. The van der Waals surface area contributed by atoms with Gasteiger partial charge in [-0.15, -0.1) is 6.42 Å². The lowest BCUT2D eigenvalue weighted by Gasteiger charge is -2.14. The maximum absolute atomic E-state index is 5.29. The van der Waals surface area contributed by atoms with Crippen LogP contribution in [0.2, 0.25) is 0 Å². The molecule has 0 aliphatic carbocycles. The highest BCUT2D eigenvalue weighted by molar-refractivity contribution is 5.09. The molecule has 0 aliphatic rings. The van der Waals surface area contributed by atoms with Crippen LogP contribution < -0.4 is 4.57 Å². The minimum absolute atomic E-state index is 0.0572. The van der Waals surface area contributed by atoms with Crippen LogP contribution in [0, 0.1) is 12.3 Å². The van der Waals surface area contributed by atoms with Crippen molar-refractivity contribution < 1.29 is 4.57 Å². The number of hydrogen-bond donors (Lipinski definition) is 1. The molecule has 0 spiro atoms. The van der Waals surface area contributed by atoms with Gasteiger partial charge in [-0.1, -0.05) is 0 Å². The van der Waals surface area contributed by atoms with Crippen LogP contribution in [-0.4, -0.2) is 4.98 Å². The van der Waals surface area contributed by atoms with Crippen molar-refractivity contribution in [2.75, 3.05) is 0 Å². The maximum Gasteiger partial charge on any atom is 0.333 e. The first-order chi connectivity index (χ1) is 5.05. The molecule has 0 fully saturated rings. The number of rotatable bonds is 0. The van der Waals surface area contributed by atoms with Gasteiger partial charge >= 0.3 is 5.82 Å². The quantitative estimate of drug-likeness (QED) is 0.420. The topological polar surface area (TPSA) is 19.7 Å². The number of hydrogen-bond acceptors (Lipinski definition) is 0. The van der Waals surface area contributed by atoms with E-state index in [2.05, 4.69) is 31.7 Å². The summed E-state index contributed by atoms with van der Waals surface area (Å²) in [4.78, 5) is 2.99. The van der Waals surface area contributed by atoms with E-state index in [1.54, 1.807) is 0 Å². The van der Waals surface area contributed by atoms with Gasteiger partial charge in [0.25, 0.3) is 0 Å². The van der Waals surface area contributed by atoms with E-state index in [-0.39, 0.29) is 5.54 Å². The van der Waals surface area contributed by atoms with Crippen molar-refractivity contribution in [2.24, 2.45) is 0 Å². The fourth-order valence-electron chi connectivity index (χ4n) is 1.01. The second-order valence-electron chi connectivity index (χ2n) is 3.49. The molecule has 58 valence electrons. The van der Waals surface area contributed by atoms with Gasteiger partial charge in [0.15, 0.2) is 0 Å². The number of nitrogens with zero attached hydrogens (tertiary/aromatic N) is 1. The van der Waals surface area contributed by atoms with E-state index in [1.165, 1.54) is 0 Å². The van der Waals surface area contributed by atoms with E-state index in [0.717, 1.165) is 5.82 Å². The molecule has 0 aromatic carbocycles. The summed E-state index contributed by atoms with van der Waals surface area (Å²) in [6, 6.07) is 0. The number of aromatic amines is 1. The molecule has 1 rings (SSSR count). The number of nitrogens with one attached hydrogen (secondary N) is 1. The highest BCUT2D eigenvalue weighted by Crippen LogP contribution is 2.03. The Hall–Kier alpha value is -1.23. The van der Waals surface area contributed by atoms with Crippen molar-refractivity contribution in [1.82, 2.24) is 4.98 Å². The molecule has 0 bridgehead atoms. The molecule has 1 heterocycles. The van der Waals surface area contributed by atoms with Crippen LogP contribution >= 0.6 is 0 Å². The summed E-state index contributed by atoms with van der Waals surface area (Å²) in [5, 5.41) is 0. The zero-order valence-electron chi connectivity index (χ0n) is 7.18. The lowest BCUT2D eigenvalue weighted by atomic mass is 10.1. The fourth-order valence-corrected chi connectivity index (χ4v) is 1.01. The van der Waals surface area contributed by atoms with Gasteiger partial charge in [0, 0.05) is 5.92 Å². The Bertz CT molecular complexity index is 283. The first kappa shape index (κ1) is 7.87. The van der Waals surface area contributed by atoms with E-state index in [4.69, 9.17) is 6.42 Å². The average molecular weight is 149 g/mol. The van der Waals surface area contributed by atoms with Crippen LogP contribution in [0.1, 0.15) is 26.6 Å². The van der Waals surface area contributed by atoms with Gasteiger partial charge in [0.1, 0.15) is 17.9 Å². The monoisotopic (exact) mass is 149 g/mol. The third-order valence-electron chi connectivity index (χ3n) is 1.54. The smallest absolute Gasteiger partial charge is 0.236 e. The molecule has 0 atom stereocenters. The van der Waals surface area contributed by atoms with Gasteiger partial charge in [-0.3, -0.25) is 0 Å². The summed E-state index contributed by atoms with van der Waals surface area (Å²) in [6.07, 6.45) is 9.09.